The molecule has 0 spiro atoms. The highest BCUT2D eigenvalue weighted by Gasteiger charge is 2.17. The first kappa shape index (κ1) is 12.2. The maximum atomic E-state index is 5.30. The number of anilines is 1. The number of methoxy groups -OCH3 is 1. The molecule has 1 aliphatic rings. The van der Waals surface area contributed by atoms with Crippen LogP contribution in [0.5, 0.6) is 5.75 Å². The zero-order valence-corrected chi connectivity index (χ0v) is 11.3. The van der Waals surface area contributed by atoms with Gasteiger partial charge in [0.15, 0.2) is 0 Å². The van der Waals surface area contributed by atoms with Crippen molar-refractivity contribution in [1.29, 1.82) is 0 Å². The van der Waals surface area contributed by atoms with Crippen LogP contribution in [-0.4, -0.2) is 55.2 Å². The molecule has 1 fully saturated rings. The predicted molar refractivity (Wildman–Crippen MR) is 75.8 cm³/mol. The van der Waals surface area contributed by atoms with Gasteiger partial charge >= 0.3 is 0 Å². The summed E-state index contributed by atoms with van der Waals surface area (Å²) in [6.07, 6.45) is 1.64. The van der Waals surface area contributed by atoms with Gasteiger partial charge in [-0.25, -0.2) is 9.97 Å². The number of nitrogens with zero attached hydrogens (tertiary/aromatic N) is 4. The number of benzene rings is 1. The highest BCUT2D eigenvalue weighted by atomic mass is 16.5. The Bertz CT molecular complexity index is 579. The van der Waals surface area contributed by atoms with Crippen molar-refractivity contribution in [2.45, 2.75) is 0 Å². The Morgan fingerprint density at radius 3 is 2.63 bits per heavy atom. The van der Waals surface area contributed by atoms with Crippen molar-refractivity contribution in [3.8, 4) is 5.75 Å². The summed E-state index contributed by atoms with van der Waals surface area (Å²) in [7, 11) is 3.83. The van der Waals surface area contributed by atoms with E-state index >= 15 is 0 Å². The molecule has 1 aliphatic heterocycles. The Morgan fingerprint density at radius 2 is 1.89 bits per heavy atom. The Labute approximate surface area is 112 Å². The van der Waals surface area contributed by atoms with E-state index in [1.165, 1.54) is 0 Å². The third-order valence-corrected chi connectivity index (χ3v) is 3.62. The molecule has 0 saturated carbocycles. The van der Waals surface area contributed by atoms with Crippen molar-refractivity contribution < 1.29 is 4.74 Å². The summed E-state index contributed by atoms with van der Waals surface area (Å²) in [5.74, 6) is 1.86. The van der Waals surface area contributed by atoms with Crippen LogP contribution in [0.3, 0.4) is 0 Å². The van der Waals surface area contributed by atoms with Crippen LogP contribution in [0, 0.1) is 0 Å². The van der Waals surface area contributed by atoms with E-state index in [-0.39, 0.29) is 0 Å². The summed E-state index contributed by atoms with van der Waals surface area (Å²) in [6.45, 7) is 4.13. The quantitative estimate of drug-likeness (QED) is 0.814. The number of hydrogen-bond donors (Lipinski definition) is 0. The van der Waals surface area contributed by atoms with Crippen molar-refractivity contribution in [2.75, 3.05) is 45.2 Å². The molecule has 0 radical (unpaired) electrons. The van der Waals surface area contributed by atoms with E-state index in [0.717, 1.165) is 48.6 Å². The molecule has 0 atom stereocenters. The SMILES string of the molecule is COc1ccc2ncnc(N3CCN(C)CC3)c2c1. The summed E-state index contributed by atoms with van der Waals surface area (Å²) >= 11 is 0. The number of rotatable bonds is 2. The number of fused-ring (bicyclic) bond motifs is 1. The minimum absolute atomic E-state index is 0.845. The van der Waals surface area contributed by atoms with Crippen molar-refractivity contribution in [2.24, 2.45) is 0 Å². The van der Waals surface area contributed by atoms with Crippen LogP contribution in [0.25, 0.3) is 10.9 Å². The van der Waals surface area contributed by atoms with Crippen LogP contribution in [0.2, 0.25) is 0 Å². The summed E-state index contributed by atoms with van der Waals surface area (Å²) in [5, 5.41) is 1.06. The van der Waals surface area contributed by atoms with E-state index in [1.54, 1.807) is 13.4 Å². The minimum Gasteiger partial charge on any atom is -0.497 e. The van der Waals surface area contributed by atoms with E-state index < -0.39 is 0 Å². The van der Waals surface area contributed by atoms with Gasteiger partial charge in [0.05, 0.1) is 12.6 Å². The van der Waals surface area contributed by atoms with E-state index in [1.807, 2.05) is 18.2 Å². The Hall–Kier alpha value is -1.88. The van der Waals surface area contributed by atoms with Crippen LogP contribution < -0.4 is 9.64 Å². The molecule has 5 heteroatoms. The van der Waals surface area contributed by atoms with E-state index in [9.17, 15) is 0 Å². The zero-order chi connectivity index (χ0) is 13.2. The van der Waals surface area contributed by atoms with Gasteiger partial charge < -0.3 is 14.5 Å². The molecule has 2 aromatic rings. The van der Waals surface area contributed by atoms with Gasteiger partial charge in [-0.05, 0) is 25.2 Å². The second-order valence-corrected chi connectivity index (χ2v) is 4.87. The molecule has 0 amide bonds. The van der Waals surface area contributed by atoms with E-state index in [0.29, 0.717) is 0 Å². The van der Waals surface area contributed by atoms with Gasteiger partial charge in [-0.15, -0.1) is 0 Å². The molecule has 19 heavy (non-hydrogen) atoms. The number of hydrogen-bond acceptors (Lipinski definition) is 5. The van der Waals surface area contributed by atoms with Gasteiger partial charge in [0.1, 0.15) is 17.9 Å². The highest BCUT2D eigenvalue weighted by molar-refractivity contribution is 5.90. The fourth-order valence-corrected chi connectivity index (χ4v) is 2.42. The smallest absolute Gasteiger partial charge is 0.140 e. The average molecular weight is 258 g/mol. The highest BCUT2D eigenvalue weighted by Crippen LogP contribution is 2.27. The standard InChI is InChI=1S/C14H18N4O/c1-17-5-7-18(8-6-17)14-12-9-11(19-2)3-4-13(12)15-10-16-14/h3-4,9-10H,5-8H2,1-2H3. The minimum atomic E-state index is 0.845. The van der Waals surface area contributed by atoms with E-state index in [2.05, 4.69) is 26.8 Å². The van der Waals surface area contributed by atoms with Gasteiger partial charge in [-0.1, -0.05) is 0 Å². The largest absolute Gasteiger partial charge is 0.497 e. The molecule has 0 N–H and O–H groups in total. The lowest BCUT2D eigenvalue weighted by atomic mass is 10.2. The third-order valence-electron chi connectivity index (χ3n) is 3.62. The molecular weight excluding hydrogens is 240 g/mol. The summed E-state index contributed by atoms with van der Waals surface area (Å²) in [6, 6.07) is 5.93. The number of aromatic nitrogens is 2. The molecule has 1 aromatic carbocycles. The fourth-order valence-electron chi connectivity index (χ4n) is 2.42. The first-order valence-electron chi connectivity index (χ1n) is 6.50. The molecule has 1 saturated heterocycles. The first-order valence-corrected chi connectivity index (χ1v) is 6.50. The van der Waals surface area contributed by atoms with Gasteiger partial charge in [-0.3, -0.25) is 0 Å². The molecule has 1 aromatic heterocycles. The second kappa shape index (κ2) is 5.01. The summed E-state index contributed by atoms with van der Waals surface area (Å²) in [5.41, 5.74) is 0.963. The maximum absolute atomic E-state index is 5.30. The second-order valence-electron chi connectivity index (χ2n) is 4.87. The summed E-state index contributed by atoms with van der Waals surface area (Å²) < 4.78 is 5.30. The van der Waals surface area contributed by atoms with Crippen LogP contribution in [-0.2, 0) is 0 Å². The Kier molecular flexibility index (Phi) is 3.21. The molecule has 3 rings (SSSR count). The Balaban J connectivity index is 2.02. The van der Waals surface area contributed by atoms with Gasteiger partial charge in [0.2, 0.25) is 0 Å². The molecule has 100 valence electrons. The van der Waals surface area contributed by atoms with Gasteiger partial charge in [0, 0.05) is 31.6 Å². The topological polar surface area (TPSA) is 41.5 Å². The zero-order valence-electron chi connectivity index (χ0n) is 11.3. The first-order chi connectivity index (χ1) is 9.28. The van der Waals surface area contributed by atoms with Gasteiger partial charge in [-0.2, -0.15) is 0 Å². The van der Waals surface area contributed by atoms with Crippen molar-refractivity contribution >= 4 is 16.7 Å². The van der Waals surface area contributed by atoms with Crippen molar-refractivity contribution in [3.63, 3.8) is 0 Å². The van der Waals surface area contributed by atoms with Crippen LogP contribution >= 0.6 is 0 Å². The predicted octanol–water partition coefficient (Wildman–Crippen LogP) is 1.39. The van der Waals surface area contributed by atoms with Crippen molar-refractivity contribution in [3.05, 3.63) is 24.5 Å². The molecule has 0 bridgehead atoms. The van der Waals surface area contributed by atoms with Crippen molar-refractivity contribution in [1.82, 2.24) is 14.9 Å². The molecule has 0 aliphatic carbocycles. The molecule has 0 unspecified atom stereocenters. The van der Waals surface area contributed by atoms with Gasteiger partial charge in [0.25, 0.3) is 0 Å². The number of ether oxygens (including phenoxy) is 1. The average Bonchev–Trinajstić information content (AvgIpc) is 2.47. The molecule has 2 heterocycles. The normalized spacial score (nSPS) is 16.8. The molecule has 5 nitrogen and oxygen atoms in total. The lowest BCUT2D eigenvalue weighted by Crippen LogP contribution is -2.44. The number of piperazine rings is 1. The molecular formula is C14H18N4O. The monoisotopic (exact) mass is 258 g/mol. The summed E-state index contributed by atoms with van der Waals surface area (Å²) in [4.78, 5) is 13.5. The van der Waals surface area contributed by atoms with Crippen LogP contribution in [0.15, 0.2) is 24.5 Å². The van der Waals surface area contributed by atoms with Crippen LogP contribution in [0.4, 0.5) is 5.82 Å². The third kappa shape index (κ3) is 2.33. The van der Waals surface area contributed by atoms with Crippen LogP contribution in [0.1, 0.15) is 0 Å². The number of likely N-dealkylation sites (N-methyl/N-ethyl adjacent to an activating group) is 1. The van der Waals surface area contributed by atoms with E-state index in [4.69, 9.17) is 4.74 Å². The maximum Gasteiger partial charge on any atom is 0.140 e. The lowest BCUT2D eigenvalue weighted by Gasteiger charge is -2.33. The fraction of sp³-hybridized carbons (Fsp3) is 0.429. The lowest BCUT2D eigenvalue weighted by molar-refractivity contribution is 0.312. The Morgan fingerprint density at radius 1 is 1.11 bits per heavy atom.